The zero-order valence-electron chi connectivity index (χ0n) is 6.61. The van der Waals surface area contributed by atoms with Crippen molar-refractivity contribution < 1.29 is 8.95 Å². The van der Waals surface area contributed by atoms with Crippen LogP contribution in [0.4, 0.5) is 0 Å². The number of hydrogen-bond donors (Lipinski definition) is 0. The molecule has 0 aromatic heterocycles. The Bertz CT molecular complexity index is 369. The maximum atomic E-state index is 11.4. The van der Waals surface area contributed by atoms with Crippen LogP contribution in [0.3, 0.4) is 0 Å². The van der Waals surface area contributed by atoms with Crippen molar-refractivity contribution in [2.45, 2.75) is 4.90 Å². The van der Waals surface area contributed by atoms with E-state index in [1.807, 2.05) is 24.3 Å². The maximum Gasteiger partial charge on any atom is 0.136 e. The van der Waals surface area contributed by atoms with Crippen LogP contribution in [0.2, 0.25) is 0 Å². The molecule has 1 atom stereocenters. The highest BCUT2D eigenvalue weighted by molar-refractivity contribution is 7.88. The van der Waals surface area contributed by atoms with E-state index in [-0.39, 0.29) is 0 Å². The Morgan fingerprint density at radius 1 is 1.33 bits per heavy atom. The fraction of sp³-hybridized carbons (Fsp3) is 0.111. The first-order chi connectivity index (χ1) is 5.83. The lowest BCUT2D eigenvalue weighted by atomic mass is 10.2. The number of rotatable bonds is 1. The second-order valence-electron chi connectivity index (χ2n) is 2.48. The molecule has 0 amide bonds. The molecule has 0 bridgehead atoms. The average molecular weight is 180 g/mol. The van der Waals surface area contributed by atoms with Crippen LogP contribution in [0.5, 0.6) is 0 Å². The molecule has 12 heavy (non-hydrogen) atoms. The van der Waals surface area contributed by atoms with Crippen molar-refractivity contribution in [3.05, 3.63) is 35.2 Å². The molecule has 0 N–H and O–H groups in total. The number of ether oxygens (including phenoxy) is 1. The van der Waals surface area contributed by atoms with Crippen LogP contribution in [0.1, 0.15) is 5.56 Å². The monoisotopic (exact) mass is 180 g/mol. The maximum absolute atomic E-state index is 11.4. The predicted octanol–water partition coefficient (Wildman–Crippen LogP) is 1.75. The first-order valence-corrected chi connectivity index (χ1v) is 4.80. The quantitative estimate of drug-likeness (QED) is 0.658. The number of hydrogen-bond acceptors (Lipinski definition) is 2. The molecular formula is C9H8O2S. The third kappa shape index (κ3) is 0.975. The van der Waals surface area contributed by atoms with Gasteiger partial charge in [0.25, 0.3) is 0 Å². The van der Waals surface area contributed by atoms with Crippen LogP contribution in [0.25, 0.3) is 5.76 Å². The summed E-state index contributed by atoms with van der Waals surface area (Å²) in [6.45, 7) is 0. The van der Waals surface area contributed by atoms with E-state index in [0.717, 1.165) is 10.5 Å². The molecule has 1 aliphatic rings. The summed E-state index contributed by atoms with van der Waals surface area (Å²) in [7, 11) is 0.574. The molecule has 2 nitrogen and oxygen atoms in total. The molecule has 1 unspecified atom stereocenters. The third-order valence-electron chi connectivity index (χ3n) is 1.80. The average Bonchev–Trinajstić information content (AvgIpc) is 2.44. The van der Waals surface area contributed by atoms with Gasteiger partial charge in [0.1, 0.15) is 5.76 Å². The lowest BCUT2D eigenvalue weighted by Gasteiger charge is -2.00. The standard InChI is InChI=1S/C9H8O2S/c1-11-8-6-12(10)9-5-3-2-4-7(8)9/h2-6H,1H3. The minimum Gasteiger partial charge on any atom is -0.495 e. The van der Waals surface area contributed by atoms with Crippen LogP contribution in [0.15, 0.2) is 34.6 Å². The van der Waals surface area contributed by atoms with Gasteiger partial charge in [-0.1, -0.05) is 18.2 Å². The molecule has 0 radical (unpaired) electrons. The number of benzene rings is 1. The lowest BCUT2D eigenvalue weighted by Crippen LogP contribution is -1.85. The predicted molar refractivity (Wildman–Crippen MR) is 47.8 cm³/mol. The summed E-state index contributed by atoms with van der Waals surface area (Å²) in [5.41, 5.74) is 0.943. The van der Waals surface area contributed by atoms with Gasteiger partial charge in [-0.25, -0.2) is 4.21 Å². The largest absolute Gasteiger partial charge is 0.495 e. The summed E-state index contributed by atoms with van der Waals surface area (Å²) in [4.78, 5) is 0.842. The molecule has 0 aliphatic carbocycles. The number of methoxy groups -OCH3 is 1. The van der Waals surface area contributed by atoms with Gasteiger partial charge in [0, 0.05) is 5.56 Å². The Labute approximate surface area is 73.3 Å². The van der Waals surface area contributed by atoms with Gasteiger partial charge < -0.3 is 4.74 Å². The van der Waals surface area contributed by atoms with E-state index in [4.69, 9.17) is 4.74 Å². The van der Waals surface area contributed by atoms with Crippen molar-refractivity contribution in [2.75, 3.05) is 7.11 Å². The van der Waals surface area contributed by atoms with E-state index in [0.29, 0.717) is 5.76 Å². The summed E-state index contributed by atoms with van der Waals surface area (Å²) < 4.78 is 16.5. The highest BCUT2D eigenvalue weighted by atomic mass is 32.2. The highest BCUT2D eigenvalue weighted by Crippen LogP contribution is 2.30. The molecule has 0 fully saturated rings. The van der Waals surface area contributed by atoms with Crippen LogP contribution >= 0.6 is 0 Å². The lowest BCUT2D eigenvalue weighted by molar-refractivity contribution is 0.370. The minimum atomic E-state index is -1.01. The molecule has 1 heterocycles. The summed E-state index contributed by atoms with van der Waals surface area (Å²) in [6.07, 6.45) is 0. The Morgan fingerprint density at radius 2 is 2.08 bits per heavy atom. The first-order valence-electron chi connectivity index (χ1n) is 3.58. The summed E-state index contributed by atoms with van der Waals surface area (Å²) in [6, 6.07) is 7.56. The summed E-state index contributed by atoms with van der Waals surface area (Å²) >= 11 is 0. The summed E-state index contributed by atoms with van der Waals surface area (Å²) in [5.74, 6) is 0.712. The molecule has 1 aromatic rings. The third-order valence-corrected chi connectivity index (χ3v) is 3.02. The van der Waals surface area contributed by atoms with Crippen molar-refractivity contribution in [3.8, 4) is 0 Å². The van der Waals surface area contributed by atoms with E-state index < -0.39 is 10.8 Å². The fourth-order valence-corrected chi connectivity index (χ4v) is 2.37. The second kappa shape index (κ2) is 2.75. The van der Waals surface area contributed by atoms with E-state index in [9.17, 15) is 4.21 Å². The Morgan fingerprint density at radius 3 is 2.83 bits per heavy atom. The smallest absolute Gasteiger partial charge is 0.136 e. The molecule has 0 saturated heterocycles. The molecular weight excluding hydrogens is 172 g/mol. The number of fused-ring (bicyclic) bond motifs is 1. The van der Waals surface area contributed by atoms with Crippen molar-refractivity contribution in [1.29, 1.82) is 0 Å². The van der Waals surface area contributed by atoms with E-state index in [1.54, 1.807) is 12.5 Å². The Hall–Kier alpha value is -1.09. The van der Waals surface area contributed by atoms with Gasteiger partial charge in [-0.05, 0) is 6.07 Å². The van der Waals surface area contributed by atoms with Crippen LogP contribution in [0, 0.1) is 0 Å². The van der Waals surface area contributed by atoms with Gasteiger partial charge in [0.15, 0.2) is 0 Å². The normalized spacial score (nSPS) is 20.1. The second-order valence-corrected chi connectivity index (χ2v) is 3.75. The van der Waals surface area contributed by atoms with Crippen molar-refractivity contribution in [2.24, 2.45) is 0 Å². The van der Waals surface area contributed by atoms with Crippen LogP contribution < -0.4 is 0 Å². The van der Waals surface area contributed by atoms with Gasteiger partial charge >= 0.3 is 0 Å². The first kappa shape index (κ1) is 7.55. The van der Waals surface area contributed by atoms with Gasteiger partial charge in [-0.3, -0.25) is 0 Å². The summed E-state index contributed by atoms with van der Waals surface area (Å²) in [5, 5.41) is 1.63. The van der Waals surface area contributed by atoms with E-state index in [2.05, 4.69) is 0 Å². The van der Waals surface area contributed by atoms with Gasteiger partial charge in [0.05, 0.1) is 28.2 Å². The van der Waals surface area contributed by atoms with Gasteiger partial charge in [0.2, 0.25) is 0 Å². The van der Waals surface area contributed by atoms with Crippen molar-refractivity contribution in [1.82, 2.24) is 0 Å². The van der Waals surface area contributed by atoms with E-state index >= 15 is 0 Å². The molecule has 2 rings (SSSR count). The fourth-order valence-electron chi connectivity index (χ4n) is 1.23. The zero-order chi connectivity index (χ0) is 8.55. The van der Waals surface area contributed by atoms with Crippen molar-refractivity contribution >= 4 is 16.6 Å². The van der Waals surface area contributed by atoms with Crippen LogP contribution in [-0.4, -0.2) is 11.3 Å². The van der Waals surface area contributed by atoms with E-state index in [1.165, 1.54) is 0 Å². The molecule has 62 valence electrons. The van der Waals surface area contributed by atoms with Gasteiger partial charge in [-0.15, -0.1) is 0 Å². The zero-order valence-corrected chi connectivity index (χ0v) is 7.43. The molecule has 3 heteroatoms. The highest BCUT2D eigenvalue weighted by Gasteiger charge is 2.19. The Kier molecular flexibility index (Phi) is 1.73. The molecule has 1 aliphatic heterocycles. The topological polar surface area (TPSA) is 26.3 Å². The molecule has 0 spiro atoms. The van der Waals surface area contributed by atoms with Crippen molar-refractivity contribution in [3.63, 3.8) is 0 Å². The van der Waals surface area contributed by atoms with Gasteiger partial charge in [-0.2, -0.15) is 0 Å². The molecule has 1 aromatic carbocycles. The Balaban J connectivity index is 2.60. The molecule has 0 saturated carbocycles. The minimum absolute atomic E-state index is 0.712. The SMILES string of the molecule is COC1=CS(=O)c2ccccc21. The van der Waals surface area contributed by atoms with Crippen LogP contribution in [-0.2, 0) is 15.5 Å².